The summed E-state index contributed by atoms with van der Waals surface area (Å²) in [6.45, 7) is 0.0396. The van der Waals surface area contributed by atoms with E-state index in [4.69, 9.17) is 22.3 Å². The molecule has 1 saturated carbocycles. The van der Waals surface area contributed by atoms with Crippen LogP contribution >= 0.6 is 0 Å². The second kappa shape index (κ2) is 12.9. The molecular formula is C34H35BN4O7. The number of nitrogens with zero attached hydrogens (tertiary/aromatic N) is 2. The number of carbonyl (C=O) groups excluding carboxylic acids is 3. The molecule has 3 N–H and O–H groups in total. The number of ether oxygens (including phenoxy) is 2. The number of rotatable bonds is 6. The fourth-order valence-electron chi connectivity index (χ4n) is 6.48. The molecule has 2 aliphatic heterocycles. The van der Waals surface area contributed by atoms with Crippen LogP contribution < -0.4 is 20.1 Å². The lowest BCUT2D eigenvalue weighted by molar-refractivity contribution is -0.145. The highest BCUT2D eigenvalue weighted by Gasteiger charge is 2.61. The van der Waals surface area contributed by atoms with Crippen molar-refractivity contribution in [3.63, 3.8) is 0 Å². The van der Waals surface area contributed by atoms with Gasteiger partial charge in [0.05, 0.1) is 24.9 Å². The number of carboxylic acids is 1. The van der Waals surface area contributed by atoms with Gasteiger partial charge in [0.25, 0.3) is 0 Å². The maximum absolute atomic E-state index is 14.0. The topological polar surface area (TPSA) is 147 Å². The Labute approximate surface area is 267 Å². The highest BCUT2D eigenvalue weighted by molar-refractivity contribution is 6.57. The molecule has 3 heterocycles. The molecule has 1 unspecified atom stereocenters. The van der Waals surface area contributed by atoms with E-state index in [1.165, 1.54) is 4.90 Å². The van der Waals surface area contributed by atoms with Crippen LogP contribution in [0.3, 0.4) is 0 Å². The second-order valence-corrected chi connectivity index (χ2v) is 12.1. The third-order valence-corrected chi connectivity index (χ3v) is 9.03. The summed E-state index contributed by atoms with van der Waals surface area (Å²) in [5.74, 6) is -2.21. The normalized spacial score (nSPS) is 27.0. The molecular weight excluding hydrogens is 587 g/mol. The van der Waals surface area contributed by atoms with Crippen LogP contribution in [0.1, 0.15) is 38.5 Å². The van der Waals surface area contributed by atoms with Gasteiger partial charge in [0.1, 0.15) is 35.2 Å². The number of hydrogen-bond donors (Lipinski definition) is 3. The van der Waals surface area contributed by atoms with Crippen LogP contribution in [0.5, 0.6) is 11.5 Å². The summed E-state index contributed by atoms with van der Waals surface area (Å²) in [4.78, 5) is 58.2. The third kappa shape index (κ3) is 6.29. The number of pyridine rings is 1. The lowest BCUT2D eigenvalue weighted by atomic mass is 10.0. The Kier molecular flexibility index (Phi) is 8.70. The predicted molar refractivity (Wildman–Crippen MR) is 171 cm³/mol. The number of carboxylic acid groups (broad SMARTS) is 1. The van der Waals surface area contributed by atoms with Crippen molar-refractivity contribution < 1.29 is 33.8 Å². The molecule has 6 rings (SSSR count). The molecule has 5 atom stereocenters. The lowest BCUT2D eigenvalue weighted by Gasteiger charge is -2.29. The fraction of sp³-hybridized carbons (Fsp3) is 0.382. The van der Waals surface area contributed by atoms with Crippen LogP contribution in [0.2, 0.25) is 0 Å². The maximum atomic E-state index is 14.0. The monoisotopic (exact) mass is 622 g/mol. The number of fused-ring (bicyclic) bond motifs is 3. The van der Waals surface area contributed by atoms with Gasteiger partial charge in [-0.1, -0.05) is 48.9 Å². The molecule has 1 saturated heterocycles. The standard InChI is InChI=1S/C34H35BN4O7/c1-45-22-13-14-24-27(15-22)36-26(20-9-5-4-6-10-20)17-29(24)46-23-16-28-30(40)38-34(32(42)43)18-21(34)11-7-2-3-8-12-25(37-33(35)44)31(41)39(28)19-23/h4-7,9-11,13-15,17,21,23,25,28H,2-3,8,12,16,18-19H2,1H3,(H,37,44)(H,38,40)(H,42,43)/b11-7+/t21?,23-,25+,28+,34-/m1/s1. The number of benzene rings is 2. The van der Waals surface area contributed by atoms with E-state index in [9.17, 15) is 24.3 Å². The first-order valence-electron chi connectivity index (χ1n) is 15.5. The first-order chi connectivity index (χ1) is 22.2. The van der Waals surface area contributed by atoms with Crippen LogP contribution in [-0.4, -0.2) is 83.8 Å². The highest BCUT2D eigenvalue weighted by atomic mass is 16.5. The molecule has 0 bridgehead atoms. The molecule has 2 aromatic carbocycles. The van der Waals surface area contributed by atoms with Gasteiger partial charge < -0.3 is 30.1 Å². The van der Waals surface area contributed by atoms with Crippen molar-refractivity contribution >= 4 is 42.3 Å². The molecule has 46 heavy (non-hydrogen) atoms. The summed E-state index contributed by atoms with van der Waals surface area (Å²) in [7, 11) is 7.01. The SMILES string of the molecule is [B]C(=O)N[C@H]1CCCC/C=C/C2C[C@@]2(C(=O)O)NC(=O)[C@@H]2C[C@@H](Oc3cc(-c4ccccc4)nc4cc(OC)ccc34)CN2C1=O. The molecule has 2 fully saturated rings. The molecule has 1 aliphatic carbocycles. The Bertz CT molecular complexity index is 1700. The first kappa shape index (κ1) is 31.1. The average Bonchev–Trinajstić information content (AvgIpc) is 3.58. The minimum Gasteiger partial charge on any atom is -0.497 e. The van der Waals surface area contributed by atoms with Crippen LogP contribution in [0.15, 0.2) is 66.7 Å². The summed E-state index contributed by atoms with van der Waals surface area (Å²) >= 11 is 0. The predicted octanol–water partition coefficient (Wildman–Crippen LogP) is 3.60. The number of aliphatic carboxylic acids is 1. The minimum absolute atomic E-state index is 0.0396. The Morgan fingerprint density at radius 1 is 1.13 bits per heavy atom. The van der Waals surface area contributed by atoms with Crippen LogP contribution in [0, 0.1) is 5.92 Å². The van der Waals surface area contributed by atoms with Crippen LogP contribution in [-0.2, 0) is 14.4 Å². The van der Waals surface area contributed by atoms with Gasteiger partial charge in [-0.3, -0.25) is 14.4 Å². The summed E-state index contributed by atoms with van der Waals surface area (Å²) in [6, 6.07) is 15.0. The smallest absolute Gasteiger partial charge is 0.330 e. The van der Waals surface area contributed by atoms with Crippen molar-refractivity contribution in [1.82, 2.24) is 20.5 Å². The number of nitrogens with one attached hydrogen (secondary N) is 2. The van der Waals surface area contributed by atoms with Gasteiger partial charge in [-0.2, -0.15) is 0 Å². The van der Waals surface area contributed by atoms with Gasteiger partial charge >= 0.3 is 5.97 Å². The van der Waals surface area contributed by atoms with E-state index in [0.29, 0.717) is 42.0 Å². The molecule has 236 valence electrons. The number of amides is 3. The number of aromatic nitrogens is 1. The molecule has 12 heteroatoms. The number of carbonyl (C=O) groups is 4. The zero-order valence-electron chi connectivity index (χ0n) is 25.5. The number of methoxy groups -OCH3 is 1. The second-order valence-electron chi connectivity index (χ2n) is 12.1. The molecule has 0 spiro atoms. The molecule has 2 radical (unpaired) electrons. The summed E-state index contributed by atoms with van der Waals surface area (Å²) < 4.78 is 12.0. The van der Waals surface area contributed by atoms with E-state index in [-0.39, 0.29) is 25.3 Å². The Morgan fingerprint density at radius 2 is 1.93 bits per heavy atom. The third-order valence-electron chi connectivity index (χ3n) is 9.03. The average molecular weight is 622 g/mol. The molecule has 3 aliphatic rings. The Morgan fingerprint density at radius 3 is 2.67 bits per heavy atom. The van der Waals surface area contributed by atoms with Crippen molar-refractivity contribution in [2.45, 2.75) is 62.3 Å². The molecule has 3 aromatic rings. The number of hydrogen-bond acceptors (Lipinski definition) is 7. The minimum atomic E-state index is -1.43. The fourth-order valence-corrected chi connectivity index (χ4v) is 6.48. The highest BCUT2D eigenvalue weighted by Crippen LogP contribution is 2.45. The van der Waals surface area contributed by atoms with Crippen molar-refractivity contribution in [3.8, 4) is 22.8 Å². The van der Waals surface area contributed by atoms with E-state index >= 15 is 0 Å². The quantitative estimate of drug-likeness (QED) is 0.279. The van der Waals surface area contributed by atoms with E-state index < -0.39 is 47.3 Å². The van der Waals surface area contributed by atoms with E-state index in [1.807, 2.05) is 60.7 Å². The van der Waals surface area contributed by atoms with Crippen LogP contribution in [0.25, 0.3) is 22.2 Å². The zero-order valence-corrected chi connectivity index (χ0v) is 25.5. The van der Waals surface area contributed by atoms with Gasteiger partial charge in [0, 0.05) is 35.4 Å². The Hall–Kier alpha value is -4.87. The van der Waals surface area contributed by atoms with E-state index in [1.54, 1.807) is 13.2 Å². The Balaban J connectivity index is 1.35. The molecule has 11 nitrogen and oxygen atoms in total. The van der Waals surface area contributed by atoms with Gasteiger partial charge in [0.2, 0.25) is 19.7 Å². The van der Waals surface area contributed by atoms with Crippen LogP contribution in [0.4, 0.5) is 4.79 Å². The van der Waals surface area contributed by atoms with Gasteiger partial charge in [-0.25, -0.2) is 9.78 Å². The largest absolute Gasteiger partial charge is 0.497 e. The van der Waals surface area contributed by atoms with Gasteiger partial charge in [0.15, 0.2) is 5.81 Å². The van der Waals surface area contributed by atoms with E-state index in [0.717, 1.165) is 17.4 Å². The number of allylic oxidation sites excluding steroid dienone is 1. The molecule has 3 amide bonds. The lowest BCUT2D eigenvalue weighted by Crippen LogP contribution is -2.56. The first-order valence-corrected chi connectivity index (χ1v) is 15.5. The molecule has 1 aromatic heterocycles. The summed E-state index contributed by atoms with van der Waals surface area (Å²) in [5, 5.41) is 16.1. The summed E-state index contributed by atoms with van der Waals surface area (Å²) in [5.41, 5.74) is 0.760. The maximum Gasteiger partial charge on any atom is 0.330 e. The van der Waals surface area contributed by atoms with Crippen molar-refractivity contribution in [1.29, 1.82) is 0 Å². The summed E-state index contributed by atoms with van der Waals surface area (Å²) in [6.07, 6.45) is 5.88. The zero-order chi connectivity index (χ0) is 32.4. The van der Waals surface area contributed by atoms with Crippen molar-refractivity contribution in [2.75, 3.05) is 13.7 Å². The van der Waals surface area contributed by atoms with E-state index in [2.05, 4.69) is 10.6 Å². The van der Waals surface area contributed by atoms with Gasteiger partial charge in [-0.05, 0) is 37.8 Å². The van der Waals surface area contributed by atoms with Crippen molar-refractivity contribution in [3.05, 3.63) is 66.7 Å². The van der Waals surface area contributed by atoms with Gasteiger partial charge in [-0.15, -0.1) is 0 Å². The van der Waals surface area contributed by atoms with Crippen molar-refractivity contribution in [2.24, 2.45) is 5.92 Å².